The number of benzene rings is 1. The molecule has 1 aliphatic rings. The minimum atomic E-state index is 0.0127. The van der Waals surface area contributed by atoms with Crippen molar-refractivity contribution < 1.29 is 9.53 Å². The van der Waals surface area contributed by atoms with E-state index in [9.17, 15) is 4.79 Å². The number of rotatable bonds is 7. The number of methoxy groups -OCH3 is 1. The summed E-state index contributed by atoms with van der Waals surface area (Å²) in [4.78, 5) is 12.0. The van der Waals surface area contributed by atoms with Crippen LogP contribution in [0.2, 0.25) is 0 Å². The predicted molar refractivity (Wildman–Crippen MR) is 86.8 cm³/mol. The van der Waals surface area contributed by atoms with Crippen LogP contribution in [0.3, 0.4) is 0 Å². The average Bonchev–Trinajstić information content (AvgIpc) is 3.32. The number of aromatic nitrogens is 4. The Kier molecular flexibility index (Phi) is 4.80. The van der Waals surface area contributed by atoms with Gasteiger partial charge in [-0.05, 0) is 60.4 Å². The largest absolute Gasteiger partial charge is 0.497 e. The minimum absolute atomic E-state index is 0.0127. The van der Waals surface area contributed by atoms with Crippen LogP contribution in [-0.2, 0) is 4.79 Å². The molecule has 1 heterocycles. The summed E-state index contributed by atoms with van der Waals surface area (Å²) in [5.74, 6) is 1.73. The summed E-state index contributed by atoms with van der Waals surface area (Å²) < 4.78 is 6.75. The van der Waals surface area contributed by atoms with Crippen LogP contribution < -0.4 is 10.1 Å². The number of nitrogens with one attached hydrogen (secondary N) is 1. The lowest BCUT2D eigenvalue weighted by Gasteiger charge is -2.12. The quantitative estimate of drug-likeness (QED) is 0.776. The molecule has 1 aromatic carbocycles. The molecule has 1 aromatic heterocycles. The average molecular weight is 333 g/mol. The van der Waals surface area contributed by atoms with E-state index in [1.54, 1.807) is 11.8 Å². The number of carbonyl (C=O) groups excluding carboxylic acids is 1. The molecule has 1 aliphatic carbocycles. The second-order valence-electron chi connectivity index (χ2n) is 5.55. The van der Waals surface area contributed by atoms with E-state index in [1.807, 2.05) is 24.3 Å². The number of hydrogen-bond acceptors (Lipinski definition) is 6. The zero-order chi connectivity index (χ0) is 16.2. The topological polar surface area (TPSA) is 81.9 Å². The van der Waals surface area contributed by atoms with Crippen LogP contribution in [0.1, 0.15) is 19.8 Å². The molecule has 23 heavy (non-hydrogen) atoms. The van der Waals surface area contributed by atoms with Gasteiger partial charge in [0.2, 0.25) is 11.1 Å². The molecule has 1 atom stereocenters. The van der Waals surface area contributed by atoms with Crippen molar-refractivity contribution in [2.24, 2.45) is 5.92 Å². The molecule has 3 rings (SSSR count). The summed E-state index contributed by atoms with van der Waals surface area (Å²) in [5, 5.41) is 15.3. The molecule has 1 saturated carbocycles. The van der Waals surface area contributed by atoms with E-state index in [0.717, 1.165) is 11.4 Å². The Balaban J connectivity index is 1.60. The Bertz CT molecular complexity index is 669. The predicted octanol–water partition coefficient (Wildman–Crippen LogP) is 1.68. The summed E-state index contributed by atoms with van der Waals surface area (Å²) in [7, 11) is 1.62. The van der Waals surface area contributed by atoms with Crippen molar-refractivity contribution in [2.45, 2.75) is 31.0 Å². The van der Waals surface area contributed by atoms with E-state index in [1.165, 1.54) is 24.6 Å². The SMILES string of the molecule is COc1ccc(-n2nnnc2SCC(=O)N[C@H](C)C2CC2)cc1. The van der Waals surface area contributed by atoms with E-state index in [4.69, 9.17) is 4.74 Å². The first-order chi connectivity index (χ1) is 11.2. The lowest BCUT2D eigenvalue weighted by atomic mass is 10.2. The van der Waals surface area contributed by atoms with E-state index in [-0.39, 0.29) is 11.9 Å². The highest BCUT2D eigenvalue weighted by atomic mass is 32.2. The Morgan fingerprint density at radius 2 is 2.17 bits per heavy atom. The third kappa shape index (κ3) is 4.01. The summed E-state index contributed by atoms with van der Waals surface area (Å²) in [6, 6.07) is 7.68. The third-order valence-electron chi connectivity index (χ3n) is 3.81. The van der Waals surface area contributed by atoms with Gasteiger partial charge < -0.3 is 10.1 Å². The second kappa shape index (κ2) is 6.99. The standard InChI is InChI=1S/C15H19N5O2S/c1-10(11-3-4-11)16-14(21)9-23-15-17-18-19-20(15)12-5-7-13(22-2)8-6-12/h5-8,10-11H,3-4,9H2,1-2H3,(H,16,21)/t10-/m1/s1. The molecule has 0 bridgehead atoms. The number of ether oxygens (including phenoxy) is 1. The summed E-state index contributed by atoms with van der Waals surface area (Å²) >= 11 is 1.32. The molecule has 7 nitrogen and oxygen atoms in total. The van der Waals surface area contributed by atoms with Gasteiger partial charge in [0, 0.05) is 6.04 Å². The fourth-order valence-corrected chi connectivity index (χ4v) is 3.00. The first-order valence-electron chi connectivity index (χ1n) is 7.52. The molecule has 0 spiro atoms. The van der Waals surface area contributed by atoms with Crippen LogP contribution in [0.25, 0.3) is 5.69 Å². The zero-order valence-electron chi connectivity index (χ0n) is 13.1. The molecule has 0 radical (unpaired) electrons. The number of carbonyl (C=O) groups is 1. The van der Waals surface area contributed by atoms with Gasteiger partial charge in [0.15, 0.2) is 0 Å². The summed E-state index contributed by atoms with van der Waals surface area (Å²) in [6.07, 6.45) is 2.43. The molecule has 0 aliphatic heterocycles. The molecule has 8 heteroatoms. The number of amides is 1. The summed E-state index contributed by atoms with van der Waals surface area (Å²) in [5.41, 5.74) is 0.824. The van der Waals surface area contributed by atoms with Gasteiger partial charge in [-0.2, -0.15) is 4.68 Å². The van der Waals surface area contributed by atoms with Crippen molar-refractivity contribution in [1.29, 1.82) is 0 Å². The third-order valence-corrected chi connectivity index (χ3v) is 4.73. The van der Waals surface area contributed by atoms with Gasteiger partial charge in [0.1, 0.15) is 5.75 Å². The summed E-state index contributed by atoms with van der Waals surface area (Å²) in [6.45, 7) is 2.06. The van der Waals surface area contributed by atoms with Crippen LogP contribution in [0, 0.1) is 5.92 Å². The van der Waals surface area contributed by atoms with Crippen LogP contribution in [0.15, 0.2) is 29.4 Å². The smallest absolute Gasteiger partial charge is 0.230 e. The van der Waals surface area contributed by atoms with Gasteiger partial charge in [0.05, 0.1) is 18.6 Å². The molecule has 1 fully saturated rings. The van der Waals surface area contributed by atoms with Crippen LogP contribution >= 0.6 is 11.8 Å². The molecule has 1 amide bonds. The zero-order valence-corrected chi connectivity index (χ0v) is 13.9. The lowest BCUT2D eigenvalue weighted by Crippen LogP contribution is -2.35. The Hall–Kier alpha value is -2.09. The molecule has 0 unspecified atom stereocenters. The Morgan fingerprint density at radius 3 is 2.83 bits per heavy atom. The Labute approximate surface area is 138 Å². The second-order valence-corrected chi connectivity index (χ2v) is 6.50. The first kappa shape index (κ1) is 15.8. The van der Waals surface area contributed by atoms with Gasteiger partial charge in [-0.15, -0.1) is 5.10 Å². The molecule has 0 saturated heterocycles. The molecule has 122 valence electrons. The maximum absolute atomic E-state index is 12.0. The molecule has 1 N–H and O–H groups in total. The van der Waals surface area contributed by atoms with Gasteiger partial charge in [-0.25, -0.2) is 0 Å². The van der Waals surface area contributed by atoms with Crippen LogP contribution in [-0.4, -0.2) is 45.0 Å². The van der Waals surface area contributed by atoms with Crippen molar-refractivity contribution >= 4 is 17.7 Å². The van der Waals surface area contributed by atoms with Crippen molar-refractivity contribution in [2.75, 3.05) is 12.9 Å². The number of nitrogens with zero attached hydrogens (tertiary/aromatic N) is 4. The first-order valence-corrected chi connectivity index (χ1v) is 8.51. The number of tetrazole rings is 1. The maximum atomic E-state index is 12.0. The van der Waals surface area contributed by atoms with Crippen molar-refractivity contribution in [1.82, 2.24) is 25.5 Å². The normalized spacial score (nSPS) is 15.2. The lowest BCUT2D eigenvalue weighted by molar-refractivity contribution is -0.119. The minimum Gasteiger partial charge on any atom is -0.497 e. The monoisotopic (exact) mass is 333 g/mol. The molecule has 2 aromatic rings. The van der Waals surface area contributed by atoms with Gasteiger partial charge >= 0.3 is 0 Å². The maximum Gasteiger partial charge on any atom is 0.230 e. The highest BCUT2D eigenvalue weighted by Gasteiger charge is 2.28. The van der Waals surface area contributed by atoms with Gasteiger partial charge in [0.25, 0.3) is 0 Å². The van der Waals surface area contributed by atoms with Gasteiger partial charge in [-0.1, -0.05) is 11.8 Å². The van der Waals surface area contributed by atoms with Crippen molar-refractivity contribution in [3.63, 3.8) is 0 Å². The van der Waals surface area contributed by atoms with E-state index in [2.05, 4.69) is 27.8 Å². The Morgan fingerprint density at radius 1 is 1.43 bits per heavy atom. The van der Waals surface area contributed by atoms with E-state index < -0.39 is 0 Å². The van der Waals surface area contributed by atoms with Crippen molar-refractivity contribution in [3.05, 3.63) is 24.3 Å². The fourth-order valence-electron chi connectivity index (χ4n) is 2.29. The van der Waals surface area contributed by atoms with E-state index >= 15 is 0 Å². The molecular formula is C15H19N5O2S. The van der Waals surface area contributed by atoms with Crippen LogP contribution in [0.4, 0.5) is 0 Å². The van der Waals surface area contributed by atoms with E-state index in [0.29, 0.717) is 16.8 Å². The molecular weight excluding hydrogens is 314 g/mol. The number of hydrogen-bond donors (Lipinski definition) is 1. The van der Waals surface area contributed by atoms with Gasteiger partial charge in [-0.3, -0.25) is 4.79 Å². The highest BCUT2D eigenvalue weighted by Crippen LogP contribution is 2.32. The van der Waals surface area contributed by atoms with Crippen molar-refractivity contribution in [3.8, 4) is 11.4 Å². The number of thioether (sulfide) groups is 1. The highest BCUT2D eigenvalue weighted by molar-refractivity contribution is 7.99. The fraction of sp³-hybridized carbons (Fsp3) is 0.467. The van der Waals surface area contributed by atoms with Crippen LogP contribution in [0.5, 0.6) is 5.75 Å².